The van der Waals surface area contributed by atoms with Crippen LogP contribution in [0.3, 0.4) is 0 Å². The highest BCUT2D eigenvalue weighted by atomic mass is 79.9. The number of aliphatic hydroxyl groups excluding tert-OH is 1. The van der Waals surface area contributed by atoms with Gasteiger partial charge in [0.15, 0.2) is 0 Å². The van der Waals surface area contributed by atoms with Crippen LogP contribution in [0.5, 0.6) is 0 Å². The fourth-order valence-electron chi connectivity index (χ4n) is 1.09. The molecule has 0 aliphatic rings. The molecule has 1 unspecified atom stereocenters. The lowest BCUT2D eigenvalue weighted by Gasteiger charge is -2.39. The molecule has 1 heterocycles. The van der Waals surface area contributed by atoms with E-state index in [0.717, 1.165) is 8.66 Å². The molecule has 4 heteroatoms. The van der Waals surface area contributed by atoms with Crippen molar-refractivity contribution < 1.29 is 5.11 Å². The third kappa shape index (κ3) is 2.03. The molecule has 0 aromatic carbocycles. The van der Waals surface area contributed by atoms with Gasteiger partial charge in [-0.05, 0) is 35.0 Å². The van der Waals surface area contributed by atoms with E-state index in [4.69, 9.17) is 5.73 Å². The van der Waals surface area contributed by atoms with Gasteiger partial charge in [-0.2, -0.15) is 0 Å². The van der Waals surface area contributed by atoms with Crippen LogP contribution >= 0.6 is 27.3 Å². The summed E-state index contributed by atoms with van der Waals surface area (Å²) >= 11 is 5.03. The van der Waals surface area contributed by atoms with E-state index < -0.39 is 5.54 Å². The highest BCUT2D eigenvalue weighted by molar-refractivity contribution is 9.11. The van der Waals surface area contributed by atoms with Crippen LogP contribution in [0.2, 0.25) is 0 Å². The monoisotopic (exact) mass is 277 g/mol. The van der Waals surface area contributed by atoms with E-state index in [9.17, 15) is 5.11 Å². The molecule has 1 atom stereocenters. The summed E-state index contributed by atoms with van der Waals surface area (Å²) in [5.74, 6) is 0. The van der Waals surface area contributed by atoms with Gasteiger partial charge in [-0.15, -0.1) is 11.3 Å². The maximum Gasteiger partial charge on any atom is 0.0702 e. The van der Waals surface area contributed by atoms with E-state index in [-0.39, 0.29) is 12.0 Å². The molecular formula is C10H16BrNOS. The Bertz CT molecular complexity index is 320. The first-order valence-corrected chi connectivity index (χ1v) is 6.08. The number of hydrogen-bond donors (Lipinski definition) is 2. The quantitative estimate of drug-likeness (QED) is 0.893. The number of nitrogens with two attached hydrogens (primary N) is 1. The fraction of sp³-hybridized carbons (Fsp3) is 0.600. The first kappa shape index (κ1) is 12.2. The van der Waals surface area contributed by atoms with Crippen molar-refractivity contribution in [3.8, 4) is 0 Å². The summed E-state index contributed by atoms with van der Waals surface area (Å²) < 4.78 is 1.07. The molecule has 3 N–H and O–H groups in total. The van der Waals surface area contributed by atoms with Crippen molar-refractivity contribution in [2.75, 3.05) is 6.61 Å². The molecule has 0 saturated heterocycles. The molecule has 0 saturated carbocycles. The molecule has 1 rings (SSSR count). The van der Waals surface area contributed by atoms with Gasteiger partial charge in [0.2, 0.25) is 0 Å². The molecule has 0 spiro atoms. The van der Waals surface area contributed by atoms with Gasteiger partial charge in [0.25, 0.3) is 0 Å². The zero-order valence-electron chi connectivity index (χ0n) is 8.67. The molecule has 0 fully saturated rings. The summed E-state index contributed by atoms with van der Waals surface area (Å²) in [7, 11) is 0. The number of halogens is 1. The Labute approximate surface area is 97.3 Å². The topological polar surface area (TPSA) is 46.2 Å². The SMILES string of the molecule is CC(C)(CO)C(C)(N)c1ccc(Br)s1. The predicted octanol–water partition coefficient (Wildman–Crippen LogP) is 2.70. The molecule has 1 aromatic rings. The van der Waals surface area contributed by atoms with Gasteiger partial charge in [0.05, 0.1) is 15.9 Å². The van der Waals surface area contributed by atoms with Gasteiger partial charge in [-0.1, -0.05) is 13.8 Å². The van der Waals surface area contributed by atoms with Gasteiger partial charge in [0, 0.05) is 10.3 Å². The maximum absolute atomic E-state index is 9.31. The average molecular weight is 278 g/mol. The van der Waals surface area contributed by atoms with Crippen LogP contribution in [0.1, 0.15) is 25.6 Å². The Morgan fingerprint density at radius 2 is 2.00 bits per heavy atom. The summed E-state index contributed by atoms with van der Waals surface area (Å²) in [6, 6.07) is 3.99. The zero-order valence-corrected chi connectivity index (χ0v) is 11.1. The Morgan fingerprint density at radius 1 is 1.43 bits per heavy atom. The maximum atomic E-state index is 9.31. The van der Waals surface area contributed by atoms with Crippen LogP contribution in [-0.4, -0.2) is 11.7 Å². The molecule has 1 aromatic heterocycles. The number of hydrogen-bond acceptors (Lipinski definition) is 3. The number of rotatable bonds is 3. The smallest absolute Gasteiger partial charge is 0.0702 e. The van der Waals surface area contributed by atoms with Crippen molar-refractivity contribution in [2.45, 2.75) is 26.3 Å². The Hall–Kier alpha value is 0.1000. The van der Waals surface area contributed by atoms with Crippen molar-refractivity contribution in [3.05, 3.63) is 20.8 Å². The van der Waals surface area contributed by atoms with E-state index in [2.05, 4.69) is 15.9 Å². The summed E-state index contributed by atoms with van der Waals surface area (Å²) in [5, 5.41) is 9.31. The van der Waals surface area contributed by atoms with Gasteiger partial charge >= 0.3 is 0 Å². The van der Waals surface area contributed by atoms with E-state index in [1.165, 1.54) is 0 Å². The molecule has 80 valence electrons. The average Bonchev–Trinajstić information content (AvgIpc) is 2.52. The van der Waals surface area contributed by atoms with E-state index in [0.29, 0.717) is 0 Å². The van der Waals surface area contributed by atoms with E-state index in [1.54, 1.807) is 11.3 Å². The Balaban J connectivity index is 3.07. The number of thiophene rings is 1. The summed E-state index contributed by atoms with van der Waals surface area (Å²) in [4.78, 5) is 1.09. The Kier molecular flexibility index (Phi) is 3.41. The van der Waals surface area contributed by atoms with Crippen molar-refractivity contribution in [3.63, 3.8) is 0 Å². The standard InChI is InChI=1S/C10H16BrNOS/c1-9(2,6-13)10(3,12)7-4-5-8(11)14-7/h4-5,13H,6,12H2,1-3H3. The van der Waals surface area contributed by atoms with Gasteiger partial charge in [0.1, 0.15) is 0 Å². The summed E-state index contributed by atoms with van der Waals surface area (Å²) in [6.45, 7) is 5.98. The molecule has 0 amide bonds. The molecule has 0 radical (unpaired) electrons. The van der Waals surface area contributed by atoms with Gasteiger partial charge in [-0.3, -0.25) is 0 Å². The lowest BCUT2D eigenvalue weighted by molar-refractivity contribution is 0.0831. The van der Waals surface area contributed by atoms with Crippen LogP contribution in [0.15, 0.2) is 15.9 Å². The summed E-state index contributed by atoms with van der Waals surface area (Å²) in [6.07, 6.45) is 0. The predicted molar refractivity (Wildman–Crippen MR) is 64.4 cm³/mol. The van der Waals surface area contributed by atoms with Crippen LogP contribution in [0.25, 0.3) is 0 Å². The minimum absolute atomic E-state index is 0.0789. The molecular weight excluding hydrogens is 262 g/mol. The van der Waals surface area contributed by atoms with Crippen molar-refractivity contribution in [1.82, 2.24) is 0 Å². The normalized spacial score (nSPS) is 16.7. The minimum atomic E-state index is -0.502. The van der Waals surface area contributed by atoms with Crippen molar-refractivity contribution in [2.24, 2.45) is 11.1 Å². The van der Waals surface area contributed by atoms with E-state index in [1.807, 2.05) is 32.9 Å². The molecule has 0 aliphatic carbocycles. The molecule has 14 heavy (non-hydrogen) atoms. The fourth-order valence-corrected chi connectivity index (χ4v) is 2.72. The van der Waals surface area contributed by atoms with Crippen molar-refractivity contribution >= 4 is 27.3 Å². The third-order valence-electron chi connectivity index (χ3n) is 2.89. The largest absolute Gasteiger partial charge is 0.396 e. The van der Waals surface area contributed by atoms with Gasteiger partial charge < -0.3 is 10.8 Å². The summed E-state index contributed by atoms with van der Waals surface area (Å²) in [5.41, 5.74) is 5.45. The Morgan fingerprint density at radius 3 is 2.36 bits per heavy atom. The lowest BCUT2D eigenvalue weighted by atomic mass is 9.74. The minimum Gasteiger partial charge on any atom is -0.396 e. The second-order valence-corrected chi connectivity index (χ2v) is 6.81. The third-order valence-corrected chi connectivity index (χ3v) is 4.75. The van der Waals surface area contributed by atoms with Crippen LogP contribution in [0, 0.1) is 5.41 Å². The van der Waals surface area contributed by atoms with Gasteiger partial charge in [-0.25, -0.2) is 0 Å². The highest BCUT2D eigenvalue weighted by Gasteiger charge is 2.39. The first-order valence-electron chi connectivity index (χ1n) is 4.47. The number of aliphatic hydroxyl groups is 1. The molecule has 0 bridgehead atoms. The second kappa shape index (κ2) is 3.93. The zero-order chi connectivity index (χ0) is 11.0. The van der Waals surface area contributed by atoms with E-state index >= 15 is 0 Å². The lowest BCUT2D eigenvalue weighted by Crippen LogP contribution is -2.48. The highest BCUT2D eigenvalue weighted by Crippen LogP contribution is 2.40. The van der Waals surface area contributed by atoms with Crippen LogP contribution < -0.4 is 5.73 Å². The van der Waals surface area contributed by atoms with Crippen LogP contribution in [0.4, 0.5) is 0 Å². The molecule has 2 nitrogen and oxygen atoms in total. The molecule has 0 aliphatic heterocycles. The second-order valence-electron chi connectivity index (χ2n) is 4.35. The first-order chi connectivity index (χ1) is 6.31. The van der Waals surface area contributed by atoms with Crippen molar-refractivity contribution in [1.29, 1.82) is 0 Å². The van der Waals surface area contributed by atoms with Crippen LogP contribution in [-0.2, 0) is 5.54 Å².